The van der Waals surface area contributed by atoms with Gasteiger partial charge < -0.3 is 14.7 Å². The molecule has 0 aliphatic heterocycles. The first kappa shape index (κ1) is 22.1. The third-order valence-electron chi connectivity index (χ3n) is 9.31. The van der Waals surface area contributed by atoms with Gasteiger partial charge in [-0.2, -0.15) is 0 Å². The highest BCUT2D eigenvalue weighted by Crippen LogP contribution is 2.64. The lowest BCUT2D eigenvalue weighted by molar-refractivity contribution is -0.00512. The highest BCUT2D eigenvalue weighted by Gasteiger charge is 2.55. The molecular formula is C27H43NO2. The molecule has 3 heteroatoms. The molecule has 1 aromatic carbocycles. The topological polar surface area (TPSA) is 32.7 Å². The highest BCUT2D eigenvalue weighted by atomic mass is 16.5. The number of rotatable bonds is 8. The van der Waals surface area contributed by atoms with E-state index in [0.717, 1.165) is 62.9 Å². The van der Waals surface area contributed by atoms with E-state index in [1.165, 1.54) is 37.7 Å². The zero-order chi connectivity index (χ0) is 21.3. The van der Waals surface area contributed by atoms with Crippen molar-refractivity contribution in [3.05, 3.63) is 29.3 Å². The summed E-state index contributed by atoms with van der Waals surface area (Å²) in [4.78, 5) is 2.44. The van der Waals surface area contributed by atoms with Gasteiger partial charge >= 0.3 is 0 Å². The summed E-state index contributed by atoms with van der Waals surface area (Å²) >= 11 is 0. The lowest BCUT2D eigenvalue weighted by atomic mass is 9.51. The number of hydrogen-bond acceptors (Lipinski definition) is 3. The Labute approximate surface area is 184 Å². The standard InChI is InChI=1S/C27H43NO2/c1-5-28(6-2)14-16-30-15-12-21-7-10-25-26-19(3)17-20-18-22(29)8-9-23(20)24(26)11-13-27(21,25)4/h8-9,18-19,21,24-26,29H,5-7,10-17H2,1-4H3/t19-,21?,24?,25?,26?,27?/m1/s1. The zero-order valence-corrected chi connectivity index (χ0v) is 19.7. The van der Waals surface area contributed by atoms with Crippen molar-refractivity contribution in [1.82, 2.24) is 4.90 Å². The minimum Gasteiger partial charge on any atom is -0.508 e. The van der Waals surface area contributed by atoms with Crippen LogP contribution in [0.5, 0.6) is 5.75 Å². The van der Waals surface area contributed by atoms with Crippen molar-refractivity contribution in [2.24, 2.45) is 29.1 Å². The van der Waals surface area contributed by atoms with Crippen molar-refractivity contribution < 1.29 is 9.84 Å². The number of benzene rings is 1. The van der Waals surface area contributed by atoms with Crippen LogP contribution in [0.2, 0.25) is 0 Å². The molecule has 1 aromatic rings. The molecule has 3 aliphatic carbocycles. The SMILES string of the molecule is CCN(CC)CCOCCC1CCC2C3C(CCC12C)c1ccc(O)cc1C[C@H]3C. The molecule has 30 heavy (non-hydrogen) atoms. The van der Waals surface area contributed by atoms with Gasteiger partial charge in [0.1, 0.15) is 5.75 Å². The van der Waals surface area contributed by atoms with Crippen LogP contribution in [0.4, 0.5) is 0 Å². The quantitative estimate of drug-likeness (QED) is 0.542. The molecule has 1 N–H and O–H groups in total. The lowest BCUT2D eigenvalue weighted by Crippen LogP contribution is -2.45. The van der Waals surface area contributed by atoms with Gasteiger partial charge in [-0.1, -0.05) is 33.8 Å². The van der Waals surface area contributed by atoms with Crippen molar-refractivity contribution in [3.63, 3.8) is 0 Å². The van der Waals surface area contributed by atoms with Crippen LogP contribution < -0.4 is 0 Å². The van der Waals surface area contributed by atoms with E-state index in [9.17, 15) is 5.11 Å². The smallest absolute Gasteiger partial charge is 0.115 e. The van der Waals surface area contributed by atoms with Crippen LogP contribution in [0.1, 0.15) is 76.8 Å². The maximum absolute atomic E-state index is 9.96. The number of hydrogen-bond donors (Lipinski definition) is 1. The van der Waals surface area contributed by atoms with E-state index in [1.807, 2.05) is 12.1 Å². The average Bonchev–Trinajstić information content (AvgIpc) is 3.06. The Morgan fingerprint density at radius 1 is 1.13 bits per heavy atom. The number of ether oxygens (including phenoxy) is 1. The Kier molecular flexibility index (Phi) is 6.79. The number of likely N-dealkylation sites (N-methyl/N-ethyl adjacent to an activating group) is 1. The molecule has 3 aliphatic rings. The second kappa shape index (κ2) is 9.20. The van der Waals surface area contributed by atoms with Gasteiger partial charge in [0.25, 0.3) is 0 Å². The molecule has 0 amide bonds. The number of fused-ring (bicyclic) bond motifs is 5. The minimum atomic E-state index is 0.432. The Balaban J connectivity index is 1.38. The second-order valence-electron chi connectivity index (χ2n) is 10.6. The van der Waals surface area contributed by atoms with Crippen molar-refractivity contribution in [3.8, 4) is 5.75 Å². The van der Waals surface area contributed by atoms with Crippen LogP contribution in [-0.2, 0) is 11.2 Å². The van der Waals surface area contributed by atoms with Crippen LogP contribution in [-0.4, -0.2) is 42.9 Å². The summed E-state index contributed by atoms with van der Waals surface area (Å²) in [6, 6.07) is 6.17. The Morgan fingerprint density at radius 2 is 1.93 bits per heavy atom. The van der Waals surface area contributed by atoms with E-state index in [-0.39, 0.29) is 0 Å². The van der Waals surface area contributed by atoms with Gasteiger partial charge in [-0.15, -0.1) is 0 Å². The maximum Gasteiger partial charge on any atom is 0.115 e. The first-order valence-corrected chi connectivity index (χ1v) is 12.6. The van der Waals surface area contributed by atoms with Gasteiger partial charge in [0.15, 0.2) is 0 Å². The first-order valence-electron chi connectivity index (χ1n) is 12.6. The fourth-order valence-corrected chi connectivity index (χ4v) is 7.61. The highest BCUT2D eigenvalue weighted by molar-refractivity contribution is 5.40. The van der Waals surface area contributed by atoms with Crippen molar-refractivity contribution in [2.45, 2.75) is 72.1 Å². The molecule has 168 valence electrons. The molecule has 0 spiro atoms. The van der Waals surface area contributed by atoms with Crippen molar-refractivity contribution in [1.29, 1.82) is 0 Å². The summed E-state index contributed by atoms with van der Waals surface area (Å²) in [7, 11) is 0. The van der Waals surface area contributed by atoms with Crippen LogP contribution >= 0.6 is 0 Å². The largest absolute Gasteiger partial charge is 0.508 e. The molecule has 0 radical (unpaired) electrons. The van der Waals surface area contributed by atoms with Crippen molar-refractivity contribution >= 4 is 0 Å². The Bertz CT molecular complexity index is 715. The summed E-state index contributed by atoms with van der Waals surface area (Å²) in [5.74, 6) is 4.35. The molecule has 2 fully saturated rings. The molecule has 2 saturated carbocycles. The minimum absolute atomic E-state index is 0.432. The number of phenols is 1. The summed E-state index contributed by atoms with van der Waals surface area (Å²) in [6.07, 6.45) is 7.84. The normalized spacial score (nSPS) is 35.2. The predicted octanol–water partition coefficient (Wildman–Crippen LogP) is 5.86. The van der Waals surface area contributed by atoms with E-state index < -0.39 is 0 Å². The average molecular weight is 414 g/mol. The third-order valence-corrected chi connectivity index (χ3v) is 9.31. The number of nitrogens with zero attached hydrogens (tertiary/aromatic N) is 1. The van der Waals surface area contributed by atoms with Crippen LogP contribution in [0, 0.1) is 29.1 Å². The molecule has 0 heterocycles. The molecule has 5 unspecified atom stereocenters. The van der Waals surface area contributed by atoms with Gasteiger partial charge in [-0.25, -0.2) is 0 Å². The zero-order valence-electron chi connectivity index (χ0n) is 19.7. The summed E-state index contributed by atoms with van der Waals surface area (Å²) in [6.45, 7) is 14.6. The van der Waals surface area contributed by atoms with Gasteiger partial charge in [0.2, 0.25) is 0 Å². The first-order chi connectivity index (χ1) is 14.5. The molecule has 4 rings (SSSR count). The van der Waals surface area contributed by atoms with E-state index in [2.05, 4.69) is 38.7 Å². The Hall–Kier alpha value is -1.06. The van der Waals surface area contributed by atoms with Gasteiger partial charge in [-0.3, -0.25) is 0 Å². The number of phenolic OH excluding ortho intramolecular Hbond substituents is 1. The molecule has 3 nitrogen and oxygen atoms in total. The Morgan fingerprint density at radius 3 is 2.70 bits per heavy atom. The third kappa shape index (κ3) is 4.05. The maximum atomic E-state index is 9.96. The summed E-state index contributed by atoms with van der Waals surface area (Å²) < 4.78 is 6.07. The fraction of sp³-hybridized carbons (Fsp3) is 0.778. The van der Waals surface area contributed by atoms with E-state index in [4.69, 9.17) is 4.74 Å². The van der Waals surface area contributed by atoms with Gasteiger partial charge in [0.05, 0.1) is 6.61 Å². The van der Waals surface area contributed by atoms with Crippen LogP contribution in [0.3, 0.4) is 0 Å². The van der Waals surface area contributed by atoms with Gasteiger partial charge in [0, 0.05) is 13.2 Å². The fourth-order valence-electron chi connectivity index (χ4n) is 7.61. The molecular weight excluding hydrogens is 370 g/mol. The molecule has 0 aromatic heterocycles. The molecule has 6 atom stereocenters. The van der Waals surface area contributed by atoms with E-state index >= 15 is 0 Å². The second-order valence-corrected chi connectivity index (χ2v) is 10.6. The molecule has 0 bridgehead atoms. The van der Waals surface area contributed by atoms with Crippen LogP contribution in [0.25, 0.3) is 0 Å². The van der Waals surface area contributed by atoms with Crippen molar-refractivity contribution in [2.75, 3.05) is 32.8 Å². The lowest BCUT2D eigenvalue weighted by Gasteiger charge is -2.53. The van der Waals surface area contributed by atoms with Crippen LogP contribution in [0.15, 0.2) is 18.2 Å². The van der Waals surface area contributed by atoms with E-state index in [0.29, 0.717) is 17.1 Å². The molecule has 0 saturated heterocycles. The predicted molar refractivity (Wildman–Crippen MR) is 124 cm³/mol. The summed E-state index contributed by atoms with van der Waals surface area (Å²) in [5, 5.41) is 9.96. The van der Waals surface area contributed by atoms with E-state index in [1.54, 1.807) is 5.56 Å². The summed E-state index contributed by atoms with van der Waals surface area (Å²) in [5.41, 5.74) is 3.44. The number of aromatic hydroxyl groups is 1. The monoisotopic (exact) mass is 413 g/mol. The van der Waals surface area contributed by atoms with Gasteiger partial charge in [-0.05, 0) is 110 Å².